The second-order valence-corrected chi connectivity index (χ2v) is 7.16. The Labute approximate surface area is 126 Å². The summed E-state index contributed by atoms with van der Waals surface area (Å²) >= 11 is 0. The van der Waals surface area contributed by atoms with Gasteiger partial charge in [-0.1, -0.05) is 29.8 Å². The molecule has 2 rings (SSSR count). The fourth-order valence-corrected chi connectivity index (χ4v) is 4.03. The summed E-state index contributed by atoms with van der Waals surface area (Å²) in [7, 11) is -2.13. The monoisotopic (exact) mass is 304 g/mol. The Morgan fingerprint density at radius 2 is 1.67 bits per heavy atom. The van der Waals surface area contributed by atoms with Crippen LogP contribution in [0.4, 0.5) is 11.4 Å². The minimum absolute atomic E-state index is 0.174. The van der Waals surface area contributed by atoms with Gasteiger partial charge in [0.25, 0.3) is 10.0 Å². The number of nitrogen functional groups attached to an aromatic ring is 1. The molecular weight excluding hydrogens is 284 g/mol. The maximum absolute atomic E-state index is 12.9. The average Bonchev–Trinajstić information content (AvgIpc) is 2.37. The molecule has 112 valence electrons. The minimum Gasteiger partial charge on any atom is -0.398 e. The van der Waals surface area contributed by atoms with Crippen LogP contribution in [0.2, 0.25) is 0 Å². The Morgan fingerprint density at radius 1 is 1.00 bits per heavy atom. The number of aryl methyl sites for hydroxylation is 3. The molecule has 4 nitrogen and oxygen atoms in total. The third-order valence-corrected chi connectivity index (χ3v) is 5.54. The van der Waals surface area contributed by atoms with E-state index in [2.05, 4.69) is 0 Å². The van der Waals surface area contributed by atoms with Gasteiger partial charge in [0, 0.05) is 7.05 Å². The Balaban J connectivity index is 2.58. The normalized spacial score (nSPS) is 11.4. The smallest absolute Gasteiger partial charge is 0.266 e. The third-order valence-electron chi connectivity index (χ3n) is 3.55. The molecule has 21 heavy (non-hydrogen) atoms. The summed E-state index contributed by atoms with van der Waals surface area (Å²) in [5.41, 5.74) is 9.46. The van der Waals surface area contributed by atoms with E-state index in [9.17, 15) is 8.42 Å². The van der Waals surface area contributed by atoms with Crippen molar-refractivity contribution in [2.75, 3.05) is 17.1 Å². The summed E-state index contributed by atoms with van der Waals surface area (Å²) in [6, 6.07) is 10.8. The van der Waals surface area contributed by atoms with Gasteiger partial charge >= 0.3 is 0 Å². The van der Waals surface area contributed by atoms with Crippen LogP contribution in [0.5, 0.6) is 0 Å². The van der Waals surface area contributed by atoms with E-state index < -0.39 is 10.0 Å². The topological polar surface area (TPSA) is 63.4 Å². The number of benzene rings is 2. The first-order valence-electron chi connectivity index (χ1n) is 6.66. The molecule has 0 aromatic heterocycles. The lowest BCUT2D eigenvalue weighted by molar-refractivity contribution is 0.594. The zero-order valence-electron chi connectivity index (χ0n) is 12.7. The molecule has 2 N–H and O–H groups in total. The number of hydrogen-bond acceptors (Lipinski definition) is 3. The zero-order chi connectivity index (χ0) is 15.8. The van der Waals surface area contributed by atoms with Crippen LogP contribution in [0.15, 0.2) is 41.3 Å². The highest BCUT2D eigenvalue weighted by atomic mass is 32.2. The van der Waals surface area contributed by atoms with Gasteiger partial charge in [0.05, 0.1) is 11.4 Å². The number of sulfonamides is 1. The van der Waals surface area contributed by atoms with Crippen molar-refractivity contribution in [3.05, 3.63) is 53.1 Å². The van der Waals surface area contributed by atoms with E-state index in [1.165, 1.54) is 4.31 Å². The molecule has 0 amide bonds. The van der Waals surface area contributed by atoms with Crippen LogP contribution in [0, 0.1) is 20.8 Å². The van der Waals surface area contributed by atoms with Crippen molar-refractivity contribution in [3.8, 4) is 0 Å². The van der Waals surface area contributed by atoms with Crippen LogP contribution in [0.25, 0.3) is 0 Å². The van der Waals surface area contributed by atoms with Gasteiger partial charge in [0.2, 0.25) is 0 Å². The van der Waals surface area contributed by atoms with Crippen LogP contribution in [-0.4, -0.2) is 15.5 Å². The molecule has 0 unspecified atom stereocenters. The molecule has 0 spiro atoms. The van der Waals surface area contributed by atoms with E-state index in [1.54, 1.807) is 32.2 Å². The summed E-state index contributed by atoms with van der Waals surface area (Å²) < 4.78 is 27.0. The maximum atomic E-state index is 12.9. The van der Waals surface area contributed by atoms with E-state index in [0.717, 1.165) is 11.1 Å². The first-order valence-corrected chi connectivity index (χ1v) is 8.10. The average molecular weight is 304 g/mol. The molecule has 0 aliphatic carbocycles. The molecule has 5 heteroatoms. The number of anilines is 2. The first kappa shape index (κ1) is 15.4. The first-order chi connectivity index (χ1) is 9.75. The van der Waals surface area contributed by atoms with Crippen molar-refractivity contribution in [3.63, 3.8) is 0 Å². The second-order valence-electron chi connectivity index (χ2n) is 5.26. The SMILES string of the molecule is Cc1ccc(N(C)S(=O)(=O)c2c(C)cccc2N)c(C)c1. The van der Waals surface area contributed by atoms with E-state index in [-0.39, 0.29) is 10.6 Å². The molecule has 0 radical (unpaired) electrons. The molecule has 0 saturated carbocycles. The molecule has 0 aliphatic rings. The van der Waals surface area contributed by atoms with Gasteiger partial charge in [-0.2, -0.15) is 0 Å². The maximum Gasteiger partial charge on any atom is 0.266 e. The van der Waals surface area contributed by atoms with Crippen LogP contribution in [0.1, 0.15) is 16.7 Å². The molecule has 0 atom stereocenters. The molecule has 0 saturated heterocycles. The van der Waals surface area contributed by atoms with Crippen molar-refractivity contribution in [1.29, 1.82) is 0 Å². The van der Waals surface area contributed by atoms with Gasteiger partial charge in [0.1, 0.15) is 4.90 Å². The van der Waals surface area contributed by atoms with Crippen LogP contribution < -0.4 is 10.0 Å². The number of nitrogens with two attached hydrogens (primary N) is 1. The number of rotatable bonds is 3. The Hall–Kier alpha value is -2.01. The van der Waals surface area contributed by atoms with Gasteiger partial charge in [-0.3, -0.25) is 4.31 Å². The van der Waals surface area contributed by atoms with Gasteiger partial charge in [-0.25, -0.2) is 8.42 Å². The lowest BCUT2D eigenvalue weighted by Crippen LogP contribution is -2.28. The molecule has 2 aromatic carbocycles. The molecule has 0 bridgehead atoms. The van der Waals surface area contributed by atoms with E-state index >= 15 is 0 Å². The third kappa shape index (κ3) is 2.74. The number of hydrogen-bond donors (Lipinski definition) is 1. The lowest BCUT2D eigenvalue weighted by Gasteiger charge is -2.23. The molecule has 0 aliphatic heterocycles. The van der Waals surface area contributed by atoms with Crippen molar-refractivity contribution in [1.82, 2.24) is 0 Å². The summed E-state index contributed by atoms with van der Waals surface area (Å²) in [6.45, 7) is 5.62. The van der Waals surface area contributed by atoms with Crippen molar-refractivity contribution in [2.45, 2.75) is 25.7 Å². The molecule has 0 heterocycles. The van der Waals surface area contributed by atoms with Gasteiger partial charge in [-0.15, -0.1) is 0 Å². The fraction of sp³-hybridized carbons (Fsp3) is 0.250. The summed E-state index contributed by atoms with van der Waals surface area (Å²) in [4.78, 5) is 0.174. The van der Waals surface area contributed by atoms with Crippen LogP contribution in [-0.2, 0) is 10.0 Å². The second kappa shape index (κ2) is 5.41. The predicted octanol–water partition coefficient (Wildman–Crippen LogP) is 3.02. The summed E-state index contributed by atoms with van der Waals surface area (Å²) in [6.07, 6.45) is 0. The zero-order valence-corrected chi connectivity index (χ0v) is 13.5. The van der Waals surface area contributed by atoms with Crippen LogP contribution in [0.3, 0.4) is 0 Å². The largest absolute Gasteiger partial charge is 0.398 e. The predicted molar refractivity (Wildman–Crippen MR) is 87.1 cm³/mol. The quantitative estimate of drug-likeness (QED) is 0.887. The van der Waals surface area contributed by atoms with Crippen molar-refractivity contribution >= 4 is 21.4 Å². The lowest BCUT2D eigenvalue weighted by atomic mass is 10.1. The standard InChI is InChI=1S/C16H20N2O2S/c1-11-8-9-15(13(3)10-11)18(4)21(19,20)16-12(2)6-5-7-14(16)17/h5-10H,17H2,1-4H3. The highest BCUT2D eigenvalue weighted by Gasteiger charge is 2.26. The molecule has 2 aromatic rings. The van der Waals surface area contributed by atoms with E-state index in [0.29, 0.717) is 11.3 Å². The van der Waals surface area contributed by atoms with Crippen molar-refractivity contribution in [2.24, 2.45) is 0 Å². The van der Waals surface area contributed by atoms with Crippen LogP contribution >= 0.6 is 0 Å². The highest BCUT2D eigenvalue weighted by Crippen LogP contribution is 2.30. The van der Waals surface area contributed by atoms with Gasteiger partial charge < -0.3 is 5.73 Å². The minimum atomic E-state index is -3.68. The summed E-state index contributed by atoms with van der Waals surface area (Å²) in [5.74, 6) is 0. The summed E-state index contributed by atoms with van der Waals surface area (Å²) in [5, 5.41) is 0. The molecule has 0 fully saturated rings. The fourth-order valence-electron chi connectivity index (χ4n) is 2.45. The van der Waals surface area contributed by atoms with E-state index in [4.69, 9.17) is 5.73 Å². The number of nitrogens with zero attached hydrogens (tertiary/aromatic N) is 1. The Morgan fingerprint density at radius 3 is 2.24 bits per heavy atom. The Bertz CT molecular complexity index is 763. The van der Waals surface area contributed by atoms with E-state index in [1.807, 2.05) is 32.0 Å². The Kier molecular flexibility index (Phi) is 3.96. The van der Waals surface area contributed by atoms with Gasteiger partial charge in [-0.05, 0) is 44.0 Å². The highest BCUT2D eigenvalue weighted by molar-refractivity contribution is 7.93. The van der Waals surface area contributed by atoms with Crippen molar-refractivity contribution < 1.29 is 8.42 Å². The van der Waals surface area contributed by atoms with Gasteiger partial charge in [0.15, 0.2) is 0 Å². The molecular formula is C16H20N2O2S.